The number of halogens is 5. The molecule has 2 atom stereocenters. The molecule has 0 bridgehead atoms. The minimum absolute atomic E-state index is 0.0310. The molecule has 0 radical (unpaired) electrons. The van der Waals surface area contributed by atoms with Gasteiger partial charge >= 0.3 is 6.36 Å². The Hall–Kier alpha value is -2.84. The molecule has 2 aromatic carbocycles. The lowest BCUT2D eigenvalue weighted by molar-refractivity contribution is -0.274. The number of carbonyl (C=O) groups excluding carboxylic acids is 1. The Kier molecular flexibility index (Phi) is 5.44. The second kappa shape index (κ2) is 7.65. The molecule has 2 aromatic rings. The van der Waals surface area contributed by atoms with Gasteiger partial charge in [-0.25, -0.2) is 8.78 Å². The predicted molar refractivity (Wildman–Crippen MR) is 88.9 cm³/mol. The van der Waals surface area contributed by atoms with E-state index in [9.17, 15) is 26.7 Å². The molecule has 1 aliphatic rings. The van der Waals surface area contributed by atoms with E-state index in [2.05, 4.69) is 4.74 Å². The predicted octanol–water partition coefficient (Wildman–Crippen LogP) is 4.54. The average molecular weight is 401 g/mol. The van der Waals surface area contributed by atoms with Gasteiger partial charge in [-0.3, -0.25) is 4.79 Å². The Morgan fingerprint density at radius 2 is 1.82 bits per heavy atom. The van der Waals surface area contributed by atoms with Crippen LogP contribution in [0.4, 0.5) is 22.0 Å². The van der Waals surface area contributed by atoms with E-state index in [1.54, 1.807) is 0 Å². The van der Waals surface area contributed by atoms with Crippen LogP contribution in [0.5, 0.6) is 11.5 Å². The zero-order valence-electron chi connectivity index (χ0n) is 14.7. The van der Waals surface area contributed by atoms with Gasteiger partial charge in [0, 0.05) is 24.6 Å². The second-order valence-corrected chi connectivity index (χ2v) is 6.26. The normalized spacial score (nSPS) is 19.8. The van der Waals surface area contributed by atoms with Gasteiger partial charge < -0.3 is 14.4 Å². The molecule has 1 aliphatic heterocycles. The van der Waals surface area contributed by atoms with Crippen molar-refractivity contribution < 1.29 is 36.2 Å². The van der Waals surface area contributed by atoms with Crippen molar-refractivity contribution in [2.45, 2.75) is 31.5 Å². The maximum atomic E-state index is 14.1. The Bertz CT molecular complexity index is 854. The van der Waals surface area contributed by atoms with Gasteiger partial charge in [0.05, 0.1) is 13.2 Å². The summed E-state index contributed by atoms with van der Waals surface area (Å²) in [7, 11) is 1.34. The van der Waals surface area contributed by atoms with Crippen molar-refractivity contribution in [3.05, 3.63) is 59.4 Å². The first-order valence-corrected chi connectivity index (χ1v) is 8.30. The van der Waals surface area contributed by atoms with Crippen LogP contribution < -0.4 is 9.47 Å². The minimum Gasteiger partial charge on any atom is -0.496 e. The average Bonchev–Trinajstić information content (AvgIpc) is 2.90. The molecule has 0 unspecified atom stereocenters. The third kappa shape index (κ3) is 4.35. The number of ether oxygens (including phenoxy) is 2. The number of alkyl halides is 4. The molecule has 28 heavy (non-hydrogen) atoms. The van der Waals surface area contributed by atoms with Gasteiger partial charge in [-0.1, -0.05) is 18.2 Å². The standard InChI is InChI=1S/C19H16F5NO3/c1-27-17-8-12(20)4-7-14(17)16-9-15(21)18(26)25(16)10-11-2-5-13(6-3-11)28-19(22,23)24/h2-8,15-16H,9-10H2,1H3/t15-,16+/m0/s1. The summed E-state index contributed by atoms with van der Waals surface area (Å²) in [4.78, 5) is 13.5. The van der Waals surface area contributed by atoms with Crippen molar-refractivity contribution in [2.75, 3.05) is 7.11 Å². The molecule has 0 N–H and O–H groups in total. The fraction of sp³-hybridized carbons (Fsp3) is 0.316. The fourth-order valence-electron chi connectivity index (χ4n) is 3.19. The van der Waals surface area contributed by atoms with E-state index in [1.807, 2.05) is 0 Å². The Morgan fingerprint density at radius 1 is 1.14 bits per heavy atom. The molecule has 150 valence electrons. The number of carbonyl (C=O) groups is 1. The Morgan fingerprint density at radius 3 is 2.43 bits per heavy atom. The molecule has 1 heterocycles. The lowest BCUT2D eigenvalue weighted by atomic mass is 10.0. The minimum atomic E-state index is -4.81. The largest absolute Gasteiger partial charge is 0.573 e. The van der Waals surface area contributed by atoms with E-state index < -0.39 is 36.0 Å². The summed E-state index contributed by atoms with van der Waals surface area (Å²) < 4.78 is 73.3. The maximum Gasteiger partial charge on any atom is 0.573 e. The first-order chi connectivity index (χ1) is 13.2. The molecule has 0 saturated carbocycles. The van der Waals surface area contributed by atoms with Crippen LogP contribution in [-0.4, -0.2) is 30.5 Å². The lowest BCUT2D eigenvalue weighted by Crippen LogP contribution is -2.29. The molecular weight excluding hydrogens is 385 g/mol. The van der Waals surface area contributed by atoms with E-state index in [4.69, 9.17) is 4.74 Å². The zero-order valence-corrected chi connectivity index (χ0v) is 14.7. The molecule has 4 nitrogen and oxygen atoms in total. The quantitative estimate of drug-likeness (QED) is 0.691. The van der Waals surface area contributed by atoms with Crippen LogP contribution in [0.1, 0.15) is 23.6 Å². The van der Waals surface area contributed by atoms with Gasteiger partial charge in [0.25, 0.3) is 5.91 Å². The third-order valence-corrected chi connectivity index (χ3v) is 4.42. The van der Waals surface area contributed by atoms with E-state index in [1.165, 1.54) is 36.3 Å². The van der Waals surface area contributed by atoms with Gasteiger partial charge in [-0.15, -0.1) is 13.2 Å². The number of hydrogen-bond donors (Lipinski definition) is 0. The summed E-state index contributed by atoms with van der Waals surface area (Å²) in [5, 5.41) is 0. The van der Waals surface area contributed by atoms with Crippen LogP contribution in [0, 0.1) is 5.82 Å². The highest BCUT2D eigenvalue weighted by Gasteiger charge is 2.41. The SMILES string of the molecule is COc1cc(F)ccc1[C@H]1C[C@H](F)C(=O)N1Cc1ccc(OC(F)(F)F)cc1. The molecule has 0 aliphatic carbocycles. The fourth-order valence-corrected chi connectivity index (χ4v) is 3.19. The second-order valence-electron chi connectivity index (χ2n) is 6.26. The van der Waals surface area contributed by atoms with Crippen molar-refractivity contribution >= 4 is 5.91 Å². The number of hydrogen-bond acceptors (Lipinski definition) is 3. The molecule has 9 heteroatoms. The van der Waals surface area contributed by atoms with Crippen molar-refractivity contribution in [3.8, 4) is 11.5 Å². The molecular formula is C19H16F5NO3. The summed E-state index contributed by atoms with van der Waals surface area (Å²) in [5.74, 6) is -1.49. The number of methoxy groups -OCH3 is 1. The number of benzene rings is 2. The van der Waals surface area contributed by atoms with Crippen LogP contribution in [0.2, 0.25) is 0 Å². The van der Waals surface area contributed by atoms with Gasteiger partial charge in [0.1, 0.15) is 17.3 Å². The van der Waals surface area contributed by atoms with Crippen molar-refractivity contribution in [3.63, 3.8) is 0 Å². The van der Waals surface area contributed by atoms with Crippen LogP contribution in [0.25, 0.3) is 0 Å². The Balaban J connectivity index is 1.84. The summed E-state index contributed by atoms with van der Waals surface area (Å²) in [5.41, 5.74) is 0.942. The van der Waals surface area contributed by atoms with Crippen LogP contribution in [0.15, 0.2) is 42.5 Å². The first kappa shape index (κ1) is 19.9. The van der Waals surface area contributed by atoms with Crippen molar-refractivity contribution in [1.29, 1.82) is 0 Å². The molecule has 0 spiro atoms. The van der Waals surface area contributed by atoms with E-state index in [-0.39, 0.29) is 18.7 Å². The van der Waals surface area contributed by atoms with Crippen molar-refractivity contribution in [1.82, 2.24) is 4.90 Å². The number of nitrogens with zero attached hydrogens (tertiary/aromatic N) is 1. The molecule has 1 saturated heterocycles. The summed E-state index contributed by atoms with van der Waals surface area (Å²) in [6.07, 6.45) is -6.67. The van der Waals surface area contributed by atoms with Crippen LogP contribution in [0.3, 0.4) is 0 Å². The molecule has 3 rings (SSSR count). The van der Waals surface area contributed by atoms with Gasteiger partial charge in [-0.05, 0) is 23.8 Å². The maximum absolute atomic E-state index is 14.1. The topological polar surface area (TPSA) is 38.8 Å². The molecule has 0 aromatic heterocycles. The highest BCUT2D eigenvalue weighted by Crippen LogP contribution is 2.40. The van der Waals surface area contributed by atoms with Crippen LogP contribution >= 0.6 is 0 Å². The third-order valence-electron chi connectivity index (χ3n) is 4.42. The summed E-state index contributed by atoms with van der Waals surface area (Å²) in [6, 6.07) is 8.02. The first-order valence-electron chi connectivity index (χ1n) is 8.30. The van der Waals surface area contributed by atoms with Crippen molar-refractivity contribution in [2.24, 2.45) is 0 Å². The van der Waals surface area contributed by atoms with Gasteiger partial charge in [0.15, 0.2) is 6.17 Å². The monoisotopic (exact) mass is 401 g/mol. The number of rotatable bonds is 5. The zero-order chi connectivity index (χ0) is 20.5. The van der Waals surface area contributed by atoms with E-state index in [0.29, 0.717) is 11.1 Å². The summed E-state index contributed by atoms with van der Waals surface area (Å²) >= 11 is 0. The number of amides is 1. The lowest BCUT2D eigenvalue weighted by Gasteiger charge is -2.26. The Labute approximate surface area is 157 Å². The number of likely N-dealkylation sites (tertiary alicyclic amines) is 1. The smallest absolute Gasteiger partial charge is 0.496 e. The summed E-state index contributed by atoms with van der Waals surface area (Å²) in [6.45, 7) is -0.0310. The van der Waals surface area contributed by atoms with Gasteiger partial charge in [0.2, 0.25) is 0 Å². The van der Waals surface area contributed by atoms with E-state index in [0.717, 1.165) is 18.2 Å². The van der Waals surface area contributed by atoms with E-state index >= 15 is 0 Å². The molecule has 1 amide bonds. The van der Waals surface area contributed by atoms with Gasteiger partial charge in [-0.2, -0.15) is 0 Å². The van der Waals surface area contributed by atoms with Crippen LogP contribution in [-0.2, 0) is 11.3 Å². The highest BCUT2D eigenvalue weighted by atomic mass is 19.4. The highest BCUT2D eigenvalue weighted by molar-refractivity contribution is 5.84. The molecule has 1 fully saturated rings.